The van der Waals surface area contributed by atoms with Gasteiger partial charge in [0.15, 0.2) is 0 Å². The second-order valence-electron chi connectivity index (χ2n) is 4.86. The van der Waals surface area contributed by atoms with Crippen LogP contribution in [0.3, 0.4) is 0 Å². The van der Waals surface area contributed by atoms with Gasteiger partial charge in [0, 0.05) is 13.7 Å². The molecule has 0 fully saturated rings. The topological polar surface area (TPSA) is 73.3 Å². The fraction of sp³-hybridized carbons (Fsp3) is 0.375. The number of hydrogen-bond donors (Lipinski definition) is 1. The number of imidazole rings is 1. The number of unbranched alkanes of at least 4 members (excludes halogenated alkanes) is 1. The standard InChI is InChI=1S/C16H20N2O4/c1-21-11-7-6-10-13-14(15(19)22-2)17-16(20)18(13)12-8-4-3-5-9-12/h3-5,8-9H,6-7,10-11H2,1-2H3,(H,17,20). The van der Waals surface area contributed by atoms with Crippen LogP contribution in [0.15, 0.2) is 35.1 Å². The highest BCUT2D eigenvalue weighted by Crippen LogP contribution is 2.15. The van der Waals surface area contributed by atoms with Crippen molar-refractivity contribution < 1.29 is 14.3 Å². The number of nitrogens with one attached hydrogen (secondary N) is 1. The summed E-state index contributed by atoms with van der Waals surface area (Å²) in [5.41, 5.74) is 1.24. The number of hydrogen-bond acceptors (Lipinski definition) is 4. The predicted octanol–water partition coefficient (Wildman–Crippen LogP) is 1.92. The Hall–Kier alpha value is -2.34. The fourth-order valence-corrected chi connectivity index (χ4v) is 2.37. The molecule has 0 aliphatic carbocycles. The average molecular weight is 304 g/mol. The first-order valence-corrected chi connectivity index (χ1v) is 7.15. The third-order valence-electron chi connectivity index (χ3n) is 3.41. The molecule has 0 unspecified atom stereocenters. The van der Waals surface area contributed by atoms with Gasteiger partial charge in [-0.1, -0.05) is 18.2 Å². The second kappa shape index (κ2) is 7.61. The number of carbonyl (C=O) groups excluding carboxylic acids is 1. The first-order valence-electron chi connectivity index (χ1n) is 7.15. The van der Waals surface area contributed by atoms with Crippen LogP contribution in [0.25, 0.3) is 5.69 Å². The minimum atomic E-state index is -0.534. The predicted molar refractivity (Wildman–Crippen MR) is 82.5 cm³/mol. The number of benzene rings is 1. The van der Waals surface area contributed by atoms with Crippen LogP contribution in [0.1, 0.15) is 29.0 Å². The van der Waals surface area contributed by atoms with Crippen LogP contribution >= 0.6 is 0 Å². The zero-order valence-electron chi connectivity index (χ0n) is 12.8. The van der Waals surface area contributed by atoms with Crippen molar-refractivity contribution in [2.75, 3.05) is 20.8 Å². The number of aromatic amines is 1. The fourth-order valence-electron chi connectivity index (χ4n) is 2.37. The monoisotopic (exact) mass is 304 g/mol. The van der Waals surface area contributed by atoms with E-state index in [9.17, 15) is 9.59 Å². The minimum absolute atomic E-state index is 0.216. The molecule has 2 rings (SSSR count). The number of ether oxygens (including phenoxy) is 2. The number of H-pyrrole nitrogens is 1. The van der Waals surface area contributed by atoms with Crippen LogP contribution in [-0.2, 0) is 15.9 Å². The molecule has 0 aliphatic rings. The first-order chi connectivity index (χ1) is 10.7. The van der Waals surface area contributed by atoms with Crippen LogP contribution in [-0.4, -0.2) is 36.3 Å². The Morgan fingerprint density at radius 2 is 1.91 bits per heavy atom. The summed E-state index contributed by atoms with van der Waals surface area (Å²) in [5.74, 6) is -0.534. The maximum Gasteiger partial charge on any atom is 0.356 e. The Morgan fingerprint density at radius 1 is 1.18 bits per heavy atom. The molecule has 0 radical (unpaired) electrons. The van der Waals surface area contributed by atoms with Crippen LogP contribution in [0.4, 0.5) is 0 Å². The molecule has 0 spiro atoms. The highest BCUT2D eigenvalue weighted by Gasteiger charge is 2.20. The van der Waals surface area contributed by atoms with Crippen LogP contribution in [0.5, 0.6) is 0 Å². The molecule has 1 N–H and O–H groups in total. The molecule has 0 atom stereocenters. The molecule has 0 amide bonds. The largest absolute Gasteiger partial charge is 0.464 e. The molecule has 0 aliphatic heterocycles. The van der Waals surface area contributed by atoms with Crippen LogP contribution in [0, 0.1) is 0 Å². The highest BCUT2D eigenvalue weighted by molar-refractivity contribution is 5.88. The molecule has 22 heavy (non-hydrogen) atoms. The van der Waals surface area contributed by atoms with Gasteiger partial charge in [0.1, 0.15) is 5.69 Å². The summed E-state index contributed by atoms with van der Waals surface area (Å²) in [5, 5.41) is 0. The van der Waals surface area contributed by atoms with Crippen molar-refractivity contribution in [2.24, 2.45) is 0 Å². The summed E-state index contributed by atoms with van der Waals surface area (Å²) in [6.45, 7) is 0.646. The lowest BCUT2D eigenvalue weighted by atomic mass is 10.1. The van der Waals surface area contributed by atoms with Crippen LogP contribution in [0.2, 0.25) is 0 Å². The van der Waals surface area contributed by atoms with Gasteiger partial charge in [0.25, 0.3) is 0 Å². The molecule has 0 saturated carbocycles. The van der Waals surface area contributed by atoms with E-state index in [1.165, 1.54) is 11.7 Å². The quantitative estimate of drug-likeness (QED) is 0.626. The van der Waals surface area contributed by atoms with Gasteiger partial charge in [-0.3, -0.25) is 9.55 Å². The Morgan fingerprint density at radius 3 is 2.55 bits per heavy atom. The minimum Gasteiger partial charge on any atom is -0.464 e. The molecule has 0 bridgehead atoms. The summed E-state index contributed by atoms with van der Waals surface area (Å²) >= 11 is 0. The second-order valence-corrected chi connectivity index (χ2v) is 4.86. The molecule has 6 heteroatoms. The van der Waals surface area contributed by atoms with Crippen LogP contribution < -0.4 is 5.69 Å². The van der Waals surface area contributed by atoms with E-state index in [1.54, 1.807) is 7.11 Å². The summed E-state index contributed by atoms with van der Waals surface area (Å²) in [7, 11) is 2.95. The Bertz CT molecular complexity index is 673. The maximum absolute atomic E-state index is 12.2. The van der Waals surface area contributed by atoms with Crippen molar-refractivity contribution in [3.63, 3.8) is 0 Å². The van der Waals surface area contributed by atoms with E-state index in [0.717, 1.165) is 18.5 Å². The Balaban J connectivity index is 2.41. The van der Waals surface area contributed by atoms with Gasteiger partial charge in [-0.25, -0.2) is 9.59 Å². The van der Waals surface area contributed by atoms with Crippen molar-refractivity contribution in [1.82, 2.24) is 9.55 Å². The zero-order valence-corrected chi connectivity index (χ0v) is 12.8. The van der Waals surface area contributed by atoms with Crippen molar-refractivity contribution >= 4 is 5.97 Å². The van der Waals surface area contributed by atoms with Gasteiger partial charge in [0.2, 0.25) is 0 Å². The van der Waals surface area contributed by atoms with E-state index >= 15 is 0 Å². The van der Waals surface area contributed by atoms with Gasteiger partial charge in [-0.05, 0) is 31.4 Å². The number of esters is 1. The molecule has 1 aromatic heterocycles. The Kier molecular flexibility index (Phi) is 5.55. The van der Waals surface area contributed by atoms with Crippen molar-refractivity contribution in [1.29, 1.82) is 0 Å². The number of rotatable bonds is 7. The third-order valence-corrected chi connectivity index (χ3v) is 3.41. The molecule has 0 saturated heterocycles. The van der Waals surface area contributed by atoms with E-state index in [-0.39, 0.29) is 11.4 Å². The number of methoxy groups -OCH3 is 2. The van der Waals surface area contributed by atoms with Crippen molar-refractivity contribution in [2.45, 2.75) is 19.3 Å². The maximum atomic E-state index is 12.2. The number of nitrogens with zero attached hydrogens (tertiary/aromatic N) is 1. The summed E-state index contributed by atoms with van der Waals surface area (Å²) in [6.07, 6.45) is 2.24. The SMILES string of the molecule is COCCCCc1c(C(=O)OC)[nH]c(=O)n1-c1ccccc1. The first kappa shape index (κ1) is 16.0. The van der Waals surface area contributed by atoms with Gasteiger partial charge >= 0.3 is 11.7 Å². The Labute approximate surface area is 128 Å². The summed E-state index contributed by atoms with van der Waals surface area (Å²) < 4.78 is 11.3. The summed E-state index contributed by atoms with van der Waals surface area (Å²) in [4.78, 5) is 26.7. The average Bonchev–Trinajstić information content (AvgIpc) is 2.88. The van der Waals surface area contributed by atoms with Gasteiger partial charge in [0.05, 0.1) is 18.5 Å². The molecule has 118 valence electrons. The zero-order chi connectivity index (χ0) is 15.9. The van der Waals surface area contributed by atoms with Crippen molar-refractivity contribution in [3.05, 3.63) is 52.2 Å². The molecule has 1 heterocycles. The van der Waals surface area contributed by atoms with E-state index in [1.807, 2.05) is 30.3 Å². The molecule has 6 nitrogen and oxygen atoms in total. The normalized spacial score (nSPS) is 10.6. The van der Waals surface area contributed by atoms with E-state index in [2.05, 4.69) is 4.98 Å². The van der Waals surface area contributed by atoms with Gasteiger partial charge in [-0.15, -0.1) is 0 Å². The smallest absolute Gasteiger partial charge is 0.356 e. The lowest BCUT2D eigenvalue weighted by molar-refractivity contribution is 0.0593. The van der Waals surface area contributed by atoms with E-state index in [0.29, 0.717) is 18.7 Å². The third kappa shape index (κ3) is 3.46. The van der Waals surface area contributed by atoms with Gasteiger partial charge < -0.3 is 9.47 Å². The van der Waals surface area contributed by atoms with Crippen molar-refractivity contribution in [3.8, 4) is 5.69 Å². The number of para-hydroxylation sites is 1. The molecular formula is C16H20N2O4. The summed E-state index contributed by atoms with van der Waals surface area (Å²) in [6, 6.07) is 9.23. The molecule has 1 aromatic carbocycles. The number of carbonyl (C=O) groups is 1. The molecule has 2 aromatic rings. The lowest BCUT2D eigenvalue weighted by Crippen LogP contribution is -2.16. The van der Waals surface area contributed by atoms with E-state index < -0.39 is 5.97 Å². The number of aromatic nitrogens is 2. The highest BCUT2D eigenvalue weighted by atomic mass is 16.5. The van der Waals surface area contributed by atoms with Gasteiger partial charge in [-0.2, -0.15) is 0 Å². The lowest BCUT2D eigenvalue weighted by Gasteiger charge is -2.09. The van der Waals surface area contributed by atoms with E-state index in [4.69, 9.17) is 9.47 Å². The molecular weight excluding hydrogens is 284 g/mol.